The van der Waals surface area contributed by atoms with Gasteiger partial charge in [0, 0.05) is 12.6 Å². The molecular formula is C19H22N2O6S. The molecule has 28 heavy (non-hydrogen) atoms. The molecule has 1 amide bonds. The monoisotopic (exact) mass is 406 g/mol. The van der Waals surface area contributed by atoms with Crippen LogP contribution >= 0.6 is 0 Å². The average Bonchev–Trinajstić information content (AvgIpc) is 2.66. The number of carbonyl (C=O) groups excluding carboxylic acids is 2. The Balaban J connectivity index is 2.40. The average molecular weight is 406 g/mol. The zero-order chi connectivity index (χ0) is 20.7. The van der Waals surface area contributed by atoms with Gasteiger partial charge in [0.1, 0.15) is 12.3 Å². The molecule has 0 aliphatic rings. The van der Waals surface area contributed by atoms with Gasteiger partial charge >= 0.3 is 5.97 Å². The van der Waals surface area contributed by atoms with Crippen molar-refractivity contribution < 1.29 is 27.5 Å². The van der Waals surface area contributed by atoms with E-state index >= 15 is 0 Å². The Morgan fingerprint density at radius 3 is 2.14 bits per heavy atom. The molecule has 0 aromatic heterocycles. The quantitative estimate of drug-likeness (QED) is 0.676. The van der Waals surface area contributed by atoms with E-state index in [-0.39, 0.29) is 10.8 Å². The summed E-state index contributed by atoms with van der Waals surface area (Å²) in [5.41, 5.74) is 0.756. The standard InChI is InChI=1S/C19H22N2O6S/c1-4-27-17-9-7-16(8-10-17)21(13-19(23)26-3)28(24,25)18-11-5-15(6-12-18)20-14(2)22/h5-12H,4,13H2,1-3H3,(H,20,22). The van der Waals surface area contributed by atoms with Crippen LogP contribution in [0.3, 0.4) is 0 Å². The summed E-state index contributed by atoms with van der Waals surface area (Å²) >= 11 is 0. The van der Waals surface area contributed by atoms with Crippen LogP contribution in [0.4, 0.5) is 11.4 Å². The van der Waals surface area contributed by atoms with E-state index in [0.29, 0.717) is 23.7 Å². The second-order valence-corrected chi connectivity index (χ2v) is 7.58. The van der Waals surface area contributed by atoms with E-state index in [1.54, 1.807) is 24.3 Å². The fourth-order valence-corrected chi connectivity index (χ4v) is 3.82. The Hall–Kier alpha value is -3.07. The summed E-state index contributed by atoms with van der Waals surface area (Å²) < 4.78 is 37.2. The first-order chi connectivity index (χ1) is 13.3. The van der Waals surface area contributed by atoms with Gasteiger partial charge in [0.2, 0.25) is 5.91 Å². The molecule has 1 N–H and O–H groups in total. The maximum atomic E-state index is 13.1. The lowest BCUT2D eigenvalue weighted by molar-refractivity contribution is -0.138. The van der Waals surface area contributed by atoms with Gasteiger partial charge in [-0.3, -0.25) is 13.9 Å². The number of methoxy groups -OCH3 is 1. The molecule has 0 saturated carbocycles. The van der Waals surface area contributed by atoms with Crippen LogP contribution in [0, 0.1) is 0 Å². The number of anilines is 2. The van der Waals surface area contributed by atoms with Gasteiger partial charge in [0.25, 0.3) is 10.0 Å². The lowest BCUT2D eigenvalue weighted by atomic mass is 10.3. The molecule has 0 saturated heterocycles. The summed E-state index contributed by atoms with van der Waals surface area (Å²) in [6.07, 6.45) is 0. The van der Waals surface area contributed by atoms with Gasteiger partial charge in [-0.15, -0.1) is 0 Å². The third-order valence-electron chi connectivity index (χ3n) is 3.70. The van der Waals surface area contributed by atoms with E-state index in [0.717, 1.165) is 4.31 Å². The van der Waals surface area contributed by atoms with Crippen LogP contribution in [0.1, 0.15) is 13.8 Å². The second kappa shape index (κ2) is 9.23. The van der Waals surface area contributed by atoms with Gasteiger partial charge in [-0.1, -0.05) is 0 Å². The molecule has 2 aromatic carbocycles. The van der Waals surface area contributed by atoms with Crippen molar-refractivity contribution in [1.82, 2.24) is 0 Å². The Bertz CT molecular complexity index is 924. The summed E-state index contributed by atoms with van der Waals surface area (Å²) in [5.74, 6) is -0.383. The first kappa shape index (κ1) is 21.2. The van der Waals surface area contributed by atoms with Crippen LogP contribution in [0.25, 0.3) is 0 Å². The third-order valence-corrected chi connectivity index (χ3v) is 5.49. The van der Waals surface area contributed by atoms with Crippen molar-refractivity contribution in [3.05, 3.63) is 48.5 Å². The van der Waals surface area contributed by atoms with Gasteiger partial charge in [0.05, 0.1) is 24.3 Å². The van der Waals surface area contributed by atoms with Crippen molar-refractivity contribution in [3.63, 3.8) is 0 Å². The highest BCUT2D eigenvalue weighted by Gasteiger charge is 2.27. The van der Waals surface area contributed by atoms with Crippen molar-refractivity contribution >= 4 is 33.3 Å². The zero-order valence-corrected chi connectivity index (χ0v) is 16.7. The molecule has 0 unspecified atom stereocenters. The van der Waals surface area contributed by atoms with Crippen LogP contribution in [0.15, 0.2) is 53.4 Å². The van der Waals surface area contributed by atoms with Crippen LogP contribution < -0.4 is 14.4 Å². The minimum Gasteiger partial charge on any atom is -0.494 e. The highest BCUT2D eigenvalue weighted by molar-refractivity contribution is 7.92. The Kier molecular flexibility index (Phi) is 7.00. The number of sulfonamides is 1. The number of nitrogens with zero attached hydrogens (tertiary/aromatic N) is 1. The summed E-state index contributed by atoms with van der Waals surface area (Å²) in [6.45, 7) is 3.19. The number of hydrogen-bond donors (Lipinski definition) is 1. The van der Waals surface area contributed by atoms with Crippen LogP contribution in [0.5, 0.6) is 5.75 Å². The predicted octanol–water partition coefficient (Wildman–Crippen LogP) is 2.41. The number of hydrogen-bond acceptors (Lipinski definition) is 6. The Morgan fingerprint density at radius 1 is 1.04 bits per heavy atom. The van der Waals surface area contributed by atoms with E-state index in [9.17, 15) is 18.0 Å². The number of nitrogens with one attached hydrogen (secondary N) is 1. The number of carbonyl (C=O) groups is 2. The molecule has 150 valence electrons. The topological polar surface area (TPSA) is 102 Å². The van der Waals surface area contributed by atoms with Crippen LogP contribution in [-0.4, -0.2) is 40.6 Å². The summed E-state index contributed by atoms with van der Waals surface area (Å²) in [6, 6.07) is 12.0. The number of benzene rings is 2. The summed E-state index contributed by atoms with van der Waals surface area (Å²) in [5, 5.41) is 2.57. The van der Waals surface area contributed by atoms with Gasteiger partial charge < -0.3 is 14.8 Å². The van der Waals surface area contributed by atoms with E-state index in [2.05, 4.69) is 10.1 Å². The van der Waals surface area contributed by atoms with Crippen molar-refractivity contribution in [1.29, 1.82) is 0 Å². The Morgan fingerprint density at radius 2 is 1.64 bits per heavy atom. The van der Waals surface area contributed by atoms with Crippen LogP contribution in [0.2, 0.25) is 0 Å². The highest BCUT2D eigenvalue weighted by Crippen LogP contribution is 2.26. The predicted molar refractivity (Wildman–Crippen MR) is 105 cm³/mol. The molecule has 8 nitrogen and oxygen atoms in total. The van der Waals surface area contributed by atoms with Crippen molar-refractivity contribution in [2.45, 2.75) is 18.7 Å². The SMILES string of the molecule is CCOc1ccc(N(CC(=O)OC)S(=O)(=O)c2ccc(NC(C)=O)cc2)cc1. The molecule has 0 radical (unpaired) electrons. The minimum atomic E-state index is -4.05. The molecule has 9 heteroatoms. The largest absolute Gasteiger partial charge is 0.494 e. The summed E-state index contributed by atoms with van der Waals surface area (Å²) in [7, 11) is -2.86. The molecule has 2 rings (SSSR count). The van der Waals surface area contributed by atoms with E-state index < -0.39 is 22.5 Å². The second-order valence-electron chi connectivity index (χ2n) is 5.72. The molecule has 0 atom stereocenters. The lowest BCUT2D eigenvalue weighted by Gasteiger charge is -2.23. The smallest absolute Gasteiger partial charge is 0.326 e. The first-order valence-corrected chi connectivity index (χ1v) is 9.92. The first-order valence-electron chi connectivity index (χ1n) is 8.48. The number of rotatable bonds is 8. The normalized spacial score (nSPS) is 10.8. The molecule has 0 bridgehead atoms. The van der Waals surface area contributed by atoms with Crippen LogP contribution in [-0.2, 0) is 24.3 Å². The fourth-order valence-electron chi connectivity index (χ4n) is 2.41. The molecule has 2 aromatic rings. The zero-order valence-electron chi connectivity index (χ0n) is 15.8. The molecule has 0 spiro atoms. The maximum Gasteiger partial charge on any atom is 0.326 e. The van der Waals surface area contributed by atoms with Crippen molar-refractivity contribution in [2.24, 2.45) is 0 Å². The van der Waals surface area contributed by atoms with Gasteiger partial charge in [-0.2, -0.15) is 0 Å². The molecule has 0 aliphatic carbocycles. The minimum absolute atomic E-state index is 0.0283. The van der Waals surface area contributed by atoms with Gasteiger partial charge in [-0.25, -0.2) is 8.42 Å². The number of esters is 1. The van der Waals surface area contributed by atoms with Gasteiger partial charge in [-0.05, 0) is 55.5 Å². The number of ether oxygens (including phenoxy) is 2. The molecule has 0 fully saturated rings. The molecule has 0 aliphatic heterocycles. The van der Waals surface area contributed by atoms with E-state index in [4.69, 9.17) is 4.74 Å². The maximum absolute atomic E-state index is 13.1. The molecular weight excluding hydrogens is 384 g/mol. The number of amides is 1. The third kappa shape index (κ3) is 5.23. The van der Waals surface area contributed by atoms with E-state index in [1.165, 1.54) is 38.3 Å². The molecule has 0 heterocycles. The van der Waals surface area contributed by atoms with E-state index in [1.807, 2.05) is 6.92 Å². The summed E-state index contributed by atoms with van der Waals surface area (Å²) in [4.78, 5) is 22.9. The van der Waals surface area contributed by atoms with Gasteiger partial charge in [0.15, 0.2) is 0 Å². The Labute approximate surface area is 164 Å². The van der Waals surface area contributed by atoms with Crippen molar-refractivity contribution in [3.8, 4) is 5.75 Å². The van der Waals surface area contributed by atoms with Crippen molar-refractivity contribution in [2.75, 3.05) is 29.9 Å². The highest BCUT2D eigenvalue weighted by atomic mass is 32.2. The lowest BCUT2D eigenvalue weighted by Crippen LogP contribution is -2.36. The fraction of sp³-hybridized carbons (Fsp3) is 0.263.